The van der Waals surface area contributed by atoms with Crippen molar-refractivity contribution in [3.8, 4) is 0 Å². The fourth-order valence-electron chi connectivity index (χ4n) is 1.98. The predicted molar refractivity (Wildman–Crippen MR) is 63.8 cm³/mol. The second-order valence-electron chi connectivity index (χ2n) is 4.35. The highest BCUT2D eigenvalue weighted by molar-refractivity contribution is 5.39. The Kier molecular flexibility index (Phi) is 3.95. The first-order valence-electron chi connectivity index (χ1n) is 5.78. The van der Waals surface area contributed by atoms with Crippen LogP contribution in [0, 0.1) is 17.5 Å². The molecule has 0 saturated heterocycles. The molecule has 1 atom stereocenters. The van der Waals surface area contributed by atoms with E-state index in [4.69, 9.17) is 5.73 Å². The Balaban J connectivity index is 2.60. The highest BCUT2D eigenvalue weighted by Crippen LogP contribution is 2.36. The number of halogens is 6. The second kappa shape index (κ2) is 5.40. The van der Waals surface area contributed by atoms with Crippen molar-refractivity contribution in [1.29, 1.82) is 0 Å². The molecule has 2 aromatic carbocycles. The molecule has 112 valence electrons. The van der Waals surface area contributed by atoms with Crippen LogP contribution < -0.4 is 5.73 Å². The lowest BCUT2D eigenvalue weighted by molar-refractivity contribution is -0.138. The lowest BCUT2D eigenvalue weighted by atomic mass is 9.94. The van der Waals surface area contributed by atoms with Crippen LogP contribution in [0.1, 0.15) is 22.7 Å². The summed E-state index contributed by atoms with van der Waals surface area (Å²) in [5.74, 6) is -3.56. The first-order chi connectivity index (χ1) is 9.71. The van der Waals surface area contributed by atoms with Crippen molar-refractivity contribution in [2.24, 2.45) is 5.73 Å². The van der Waals surface area contributed by atoms with E-state index in [2.05, 4.69) is 0 Å². The molecule has 0 saturated carbocycles. The summed E-state index contributed by atoms with van der Waals surface area (Å²) in [7, 11) is 0. The van der Waals surface area contributed by atoms with Crippen LogP contribution in [0.5, 0.6) is 0 Å². The monoisotopic (exact) mass is 305 g/mol. The van der Waals surface area contributed by atoms with Gasteiger partial charge in [0.1, 0.15) is 5.82 Å². The molecule has 0 aliphatic rings. The van der Waals surface area contributed by atoms with E-state index >= 15 is 0 Å². The summed E-state index contributed by atoms with van der Waals surface area (Å²) in [6.45, 7) is 0. The quantitative estimate of drug-likeness (QED) is 0.828. The van der Waals surface area contributed by atoms with Gasteiger partial charge in [0.25, 0.3) is 0 Å². The minimum Gasteiger partial charge on any atom is -0.320 e. The van der Waals surface area contributed by atoms with Crippen molar-refractivity contribution in [3.05, 3.63) is 70.5 Å². The molecule has 0 aliphatic heterocycles. The highest BCUT2D eigenvalue weighted by Gasteiger charge is 2.35. The van der Waals surface area contributed by atoms with Gasteiger partial charge in [-0.3, -0.25) is 0 Å². The number of benzene rings is 2. The van der Waals surface area contributed by atoms with Gasteiger partial charge in [-0.15, -0.1) is 0 Å². The van der Waals surface area contributed by atoms with E-state index in [1.165, 1.54) is 0 Å². The van der Waals surface area contributed by atoms with Gasteiger partial charge in [0, 0.05) is 5.56 Å². The van der Waals surface area contributed by atoms with E-state index in [0.717, 1.165) is 18.2 Å². The van der Waals surface area contributed by atoms with Gasteiger partial charge >= 0.3 is 6.18 Å². The first-order valence-corrected chi connectivity index (χ1v) is 5.78. The predicted octanol–water partition coefficient (Wildman–Crippen LogP) is 4.17. The van der Waals surface area contributed by atoms with Gasteiger partial charge in [-0.2, -0.15) is 13.2 Å². The van der Waals surface area contributed by atoms with Crippen molar-refractivity contribution in [2.75, 3.05) is 0 Å². The van der Waals surface area contributed by atoms with Crippen LogP contribution in [0.3, 0.4) is 0 Å². The minimum absolute atomic E-state index is 0.480. The Labute approximate surface area is 116 Å². The number of nitrogens with two attached hydrogens (primary N) is 1. The van der Waals surface area contributed by atoms with Crippen molar-refractivity contribution in [3.63, 3.8) is 0 Å². The van der Waals surface area contributed by atoms with Gasteiger partial charge in [0.05, 0.1) is 11.6 Å². The van der Waals surface area contributed by atoms with Crippen molar-refractivity contribution in [1.82, 2.24) is 0 Å². The molecule has 0 heterocycles. The Hall–Kier alpha value is -2.02. The minimum atomic E-state index is -4.79. The zero-order chi connectivity index (χ0) is 15.8. The van der Waals surface area contributed by atoms with Gasteiger partial charge in [-0.25, -0.2) is 13.2 Å². The highest BCUT2D eigenvalue weighted by atomic mass is 19.4. The molecule has 2 aromatic rings. The third-order valence-corrected chi connectivity index (χ3v) is 2.97. The van der Waals surface area contributed by atoms with E-state index in [0.29, 0.717) is 18.2 Å². The average molecular weight is 305 g/mol. The summed E-state index contributed by atoms with van der Waals surface area (Å²) < 4.78 is 78.6. The van der Waals surface area contributed by atoms with Crippen molar-refractivity contribution in [2.45, 2.75) is 12.2 Å². The summed E-state index contributed by atoms with van der Waals surface area (Å²) in [5, 5.41) is 0. The molecule has 7 heteroatoms. The average Bonchev–Trinajstić information content (AvgIpc) is 2.39. The summed E-state index contributed by atoms with van der Waals surface area (Å²) in [6.07, 6.45) is -4.79. The second-order valence-corrected chi connectivity index (χ2v) is 4.35. The Bertz CT molecular complexity index is 665. The lowest BCUT2D eigenvalue weighted by Gasteiger charge is -2.19. The van der Waals surface area contributed by atoms with E-state index in [1.54, 1.807) is 0 Å². The molecule has 1 unspecified atom stereocenters. The van der Waals surface area contributed by atoms with E-state index in [1.807, 2.05) is 0 Å². The maximum Gasteiger partial charge on any atom is 0.416 e. The summed E-state index contributed by atoms with van der Waals surface area (Å²) in [5.41, 5.74) is 3.24. The molecule has 1 nitrogen and oxygen atoms in total. The third-order valence-electron chi connectivity index (χ3n) is 2.97. The smallest absolute Gasteiger partial charge is 0.320 e. The normalized spacial score (nSPS) is 13.3. The third kappa shape index (κ3) is 3.02. The van der Waals surface area contributed by atoms with Crippen LogP contribution in [0.25, 0.3) is 0 Å². The maximum atomic E-state index is 13.6. The molecule has 0 fully saturated rings. The van der Waals surface area contributed by atoms with Gasteiger partial charge < -0.3 is 5.73 Å². The van der Waals surface area contributed by atoms with E-state index < -0.39 is 46.4 Å². The van der Waals surface area contributed by atoms with E-state index in [-0.39, 0.29) is 0 Å². The number of hydrogen-bond donors (Lipinski definition) is 1. The molecular weight excluding hydrogens is 296 g/mol. The summed E-state index contributed by atoms with van der Waals surface area (Å²) in [4.78, 5) is 0. The van der Waals surface area contributed by atoms with Crippen LogP contribution in [-0.2, 0) is 6.18 Å². The number of hydrogen-bond acceptors (Lipinski definition) is 1. The Morgan fingerprint density at radius 2 is 1.57 bits per heavy atom. The molecular formula is C14H9F6N. The molecule has 0 amide bonds. The standard InChI is InChI=1S/C14H9F6N/c15-7-4-5-10(14(18,19)20)9(6-7)13(21)8-2-1-3-11(16)12(8)17/h1-6,13H,21H2. The molecule has 0 radical (unpaired) electrons. The fourth-order valence-corrected chi connectivity index (χ4v) is 1.98. The van der Waals surface area contributed by atoms with Gasteiger partial charge in [0.2, 0.25) is 0 Å². The molecule has 0 aromatic heterocycles. The summed E-state index contributed by atoms with van der Waals surface area (Å²) in [6, 6.07) is 3.03. The number of rotatable bonds is 2. The van der Waals surface area contributed by atoms with Crippen LogP contribution in [-0.4, -0.2) is 0 Å². The van der Waals surface area contributed by atoms with Crippen LogP contribution >= 0.6 is 0 Å². The molecule has 2 N–H and O–H groups in total. The van der Waals surface area contributed by atoms with Gasteiger partial charge in [-0.05, 0) is 29.8 Å². The van der Waals surface area contributed by atoms with Crippen LogP contribution in [0.4, 0.5) is 26.3 Å². The Morgan fingerprint density at radius 1 is 0.905 bits per heavy atom. The molecule has 0 spiro atoms. The molecule has 21 heavy (non-hydrogen) atoms. The maximum absolute atomic E-state index is 13.6. The molecule has 0 bridgehead atoms. The van der Waals surface area contributed by atoms with Gasteiger partial charge in [0.15, 0.2) is 11.6 Å². The molecule has 0 aliphatic carbocycles. The van der Waals surface area contributed by atoms with Crippen molar-refractivity contribution >= 4 is 0 Å². The lowest BCUT2D eigenvalue weighted by Crippen LogP contribution is -2.20. The number of alkyl halides is 3. The zero-order valence-electron chi connectivity index (χ0n) is 10.4. The summed E-state index contributed by atoms with van der Waals surface area (Å²) >= 11 is 0. The van der Waals surface area contributed by atoms with E-state index in [9.17, 15) is 26.3 Å². The van der Waals surface area contributed by atoms with Crippen LogP contribution in [0.2, 0.25) is 0 Å². The zero-order valence-corrected chi connectivity index (χ0v) is 10.4. The Morgan fingerprint density at radius 3 is 2.19 bits per heavy atom. The SMILES string of the molecule is NC(c1cc(F)ccc1C(F)(F)F)c1cccc(F)c1F. The topological polar surface area (TPSA) is 26.0 Å². The fraction of sp³-hybridized carbons (Fsp3) is 0.143. The van der Waals surface area contributed by atoms with Crippen LogP contribution in [0.15, 0.2) is 36.4 Å². The van der Waals surface area contributed by atoms with Crippen molar-refractivity contribution < 1.29 is 26.3 Å². The largest absolute Gasteiger partial charge is 0.416 e. The molecule has 2 rings (SSSR count). The van der Waals surface area contributed by atoms with Gasteiger partial charge in [-0.1, -0.05) is 12.1 Å². The first kappa shape index (κ1) is 15.4.